The molecule has 1 aromatic carbocycles. The SMILES string of the molecule is O=C(NCc1nccnc1-c1ccoc1)c1ccccc1F. The first-order valence-electron chi connectivity index (χ1n) is 6.61. The topological polar surface area (TPSA) is 68.0 Å². The number of benzene rings is 1. The Morgan fingerprint density at radius 2 is 2.00 bits per heavy atom. The number of nitrogens with zero attached hydrogens (tertiary/aromatic N) is 2. The molecule has 0 aliphatic heterocycles. The zero-order valence-electron chi connectivity index (χ0n) is 11.5. The van der Waals surface area contributed by atoms with E-state index < -0.39 is 11.7 Å². The molecule has 1 amide bonds. The van der Waals surface area contributed by atoms with Gasteiger partial charge in [0, 0.05) is 18.0 Å². The van der Waals surface area contributed by atoms with Crippen LogP contribution in [-0.2, 0) is 6.54 Å². The van der Waals surface area contributed by atoms with Gasteiger partial charge in [-0.15, -0.1) is 0 Å². The molecular formula is C16H12FN3O2. The van der Waals surface area contributed by atoms with Gasteiger partial charge >= 0.3 is 0 Å². The molecule has 1 N–H and O–H groups in total. The molecule has 5 nitrogen and oxygen atoms in total. The number of nitrogens with one attached hydrogen (secondary N) is 1. The molecule has 0 unspecified atom stereocenters. The molecule has 2 heterocycles. The molecule has 3 rings (SSSR count). The van der Waals surface area contributed by atoms with Crippen molar-refractivity contribution >= 4 is 5.91 Å². The van der Waals surface area contributed by atoms with Crippen LogP contribution in [0.3, 0.4) is 0 Å². The number of hydrogen-bond donors (Lipinski definition) is 1. The summed E-state index contributed by atoms with van der Waals surface area (Å²) in [6.45, 7) is 0.140. The van der Waals surface area contributed by atoms with Crippen LogP contribution in [0.4, 0.5) is 4.39 Å². The molecule has 22 heavy (non-hydrogen) atoms. The lowest BCUT2D eigenvalue weighted by molar-refractivity contribution is 0.0946. The van der Waals surface area contributed by atoms with Gasteiger partial charge in [0.25, 0.3) is 5.91 Å². The maximum Gasteiger partial charge on any atom is 0.254 e. The Morgan fingerprint density at radius 3 is 2.77 bits per heavy atom. The molecule has 110 valence electrons. The van der Waals surface area contributed by atoms with Crippen molar-refractivity contribution < 1.29 is 13.6 Å². The summed E-state index contributed by atoms with van der Waals surface area (Å²) in [5.41, 5.74) is 1.96. The van der Waals surface area contributed by atoms with E-state index in [2.05, 4.69) is 15.3 Å². The number of carbonyl (C=O) groups is 1. The first-order chi connectivity index (χ1) is 10.8. The van der Waals surface area contributed by atoms with Crippen LogP contribution < -0.4 is 5.32 Å². The minimum absolute atomic E-state index is 0.00347. The van der Waals surface area contributed by atoms with Crippen LogP contribution in [0.2, 0.25) is 0 Å². The lowest BCUT2D eigenvalue weighted by Gasteiger charge is -2.08. The fraction of sp³-hybridized carbons (Fsp3) is 0.0625. The van der Waals surface area contributed by atoms with Gasteiger partial charge in [-0.2, -0.15) is 0 Å². The van der Waals surface area contributed by atoms with E-state index in [1.54, 1.807) is 24.6 Å². The van der Waals surface area contributed by atoms with Gasteiger partial charge in [0.05, 0.1) is 36.0 Å². The lowest BCUT2D eigenvalue weighted by atomic mass is 10.1. The first-order valence-corrected chi connectivity index (χ1v) is 6.61. The molecule has 2 aromatic heterocycles. The Hall–Kier alpha value is -3.02. The molecule has 0 saturated heterocycles. The third-order valence-electron chi connectivity index (χ3n) is 3.10. The third kappa shape index (κ3) is 2.85. The zero-order chi connectivity index (χ0) is 15.4. The maximum atomic E-state index is 13.6. The van der Waals surface area contributed by atoms with Crippen LogP contribution in [-0.4, -0.2) is 15.9 Å². The van der Waals surface area contributed by atoms with E-state index in [1.807, 2.05) is 0 Å². The highest BCUT2D eigenvalue weighted by Gasteiger charge is 2.13. The van der Waals surface area contributed by atoms with Gasteiger partial charge in [-0.05, 0) is 18.2 Å². The Morgan fingerprint density at radius 1 is 1.18 bits per heavy atom. The summed E-state index contributed by atoms with van der Waals surface area (Å²) in [6.07, 6.45) is 6.18. The number of hydrogen-bond acceptors (Lipinski definition) is 4. The average molecular weight is 297 g/mol. The van der Waals surface area contributed by atoms with E-state index >= 15 is 0 Å². The van der Waals surface area contributed by atoms with Crippen molar-refractivity contribution in [3.63, 3.8) is 0 Å². The Bertz CT molecular complexity index is 788. The molecule has 0 radical (unpaired) electrons. The second-order valence-corrected chi connectivity index (χ2v) is 4.53. The molecule has 0 saturated carbocycles. The van der Waals surface area contributed by atoms with E-state index in [1.165, 1.54) is 30.7 Å². The molecule has 0 atom stereocenters. The van der Waals surface area contributed by atoms with Crippen molar-refractivity contribution in [2.45, 2.75) is 6.54 Å². The largest absolute Gasteiger partial charge is 0.472 e. The second kappa shape index (κ2) is 6.17. The minimum Gasteiger partial charge on any atom is -0.472 e. The second-order valence-electron chi connectivity index (χ2n) is 4.53. The molecular weight excluding hydrogens is 285 g/mol. The normalized spacial score (nSPS) is 10.4. The van der Waals surface area contributed by atoms with Crippen molar-refractivity contribution in [1.82, 2.24) is 15.3 Å². The summed E-state index contributed by atoms with van der Waals surface area (Å²) >= 11 is 0. The average Bonchev–Trinajstić information content (AvgIpc) is 3.07. The zero-order valence-corrected chi connectivity index (χ0v) is 11.5. The van der Waals surface area contributed by atoms with Crippen LogP contribution in [0.1, 0.15) is 16.1 Å². The fourth-order valence-electron chi connectivity index (χ4n) is 2.04. The summed E-state index contributed by atoms with van der Waals surface area (Å²) < 4.78 is 18.6. The van der Waals surface area contributed by atoms with Gasteiger partial charge in [-0.3, -0.25) is 14.8 Å². The van der Waals surface area contributed by atoms with Gasteiger partial charge in [-0.25, -0.2) is 4.39 Å². The Labute approximate surface area is 125 Å². The maximum absolute atomic E-state index is 13.6. The van der Waals surface area contributed by atoms with Gasteiger partial charge in [0.15, 0.2) is 0 Å². The number of amides is 1. The van der Waals surface area contributed by atoms with Crippen LogP contribution in [0.5, 0.6) is 0 Å². The van der Waals surface area contributed by atoms with Gasteiger partial charge < -0.3 is 9.73 Å². The highest BCUT2D eigenvalue weighted by atomic mass is 19.1. The summed E-state index contributed by atoms with van der Waals surface area (Å²) in [4.78, 5) is 20.5. The number of carbonyl (C=O) groups excluding carboxylic acids is 1. The molecule has 0 bridgehead atoms. The number of aromatic nitrogens is 2. The highest BCUT2D eigenvalue weighted by Crippen LogP contribution is 2.19. The van der Waals surface area contributed by atoms with Crippen LogP contribution in [0.15, 0.2) is 59.7 Å². The fourth-order valence-corrected chi connectivity index (χ4v) is 2.04. The predicted molar refractivity (Wildman–Crippen MR) is 77.3 cm³/mol. The minimum atomic E-state index is -0.561. The van der Waals surface area contributed by atoms with E-state index in [0.29, 0.717) is 11.4 Å². The van der Waals surface area contributed by atoms with Crippen molar-refractivity contribution in [3.8, 4) is 11.3 Å². The van der Waals surface area contributed by atoms with E-state index in [9.17, 15) is 9.18 Å². The van der Waals surface area contributed by atoms with Crippen molar-refractivity contribution in [1.29, 1.82) is 0 Å². The van der Waals surface area contributed by atoms with E-state index in [0.717, 1.165) is 5.56 Å². The van der Waals surface area contributed by atoms with Crippen molar-refractivity contribution in [2.75, 3.05) is 0 Å². The van der Waals surface area contributed by atoms with Crippen LogP contribution in [0, 0.1) is 5.82 Å². The van der Waals surface area contributed by atoms with Gasteiger partial charge in [-0.1, -0.05) is 12.1 Å². The van der Waals surface area contributed by atoms with Gasteiger partial charge in [0.1, 0.15) is 5.82 Å². The van der Waals surface area contributed by atoms with Crippen LogP contribution in [0.25, 0.3) is 11.3 Å². The summed E-state index contributed by atoms with van der Waals surface area (Å²) in [7, 11) is 0. The first kappa shape index (κ1) is 13.9. The molecule has 0 spiro atoms. The summed E-state index contributed by atoms with van der Waals surface area (Å²) in [6, 6.07) is 7.57. The third-order valence-corrected chi connectivity index (χ3v) is 3.10. The Kier molecular flexibility index (Phi) is 3.91. The number of halogens is 1. The molecule has 0 aliphatic rings. The van der Waals surface area contributed by atoms with Gasteiger partial charge in [0.2, 0.25) is 0 Å². The smallest absolute Gasteiger partial charge is 0.254 e. The monoisotopic (exact) mass is 297 g/mol. The number of rotatable bonds is 4. The molecule has 3 aromatic rings. The predicted octanol–water partition coefficient (Wildman–Crippen LogP) is 2.81. The standard InChI is InChI=1S/C16H12FN3O2/c17-13-4-2-1-3-12(13)16(21)20-9-14-15(19-7-6-18-14)11-5-8-22-10-11/h1-8,10H,9H2,(H,20,21). The molecule has 6 heteroatoms. The number of furan rings is 1. The van der Waals surface area contributed by atoms with Crippen molar-refractivity contribution in [3.05, 3.63) is 72.3 Å². The molecule has 0 fully saturated rings. The van der Waals surface area contributed by atoms with Crippen molar-refractivity contribution in [2.24, 2.45) is 0 Å². The van der Waals surface area contributed by atoms with Crippen LogP contribution >= 0.6 is 0 Å². The summed E-state index contributed by atoms with van der Waals surface area (Å²) in [5, 5.41) is 2.65. The quantitative estimate of drug-likeness (QED) is 0.804. The highest BCUT2D eigenvalue weighted by molar-refractivity contribution is 5.94. The lowest BCUT2D eigenvalue weighted by Crippen LogP contribution is -2.24. The Balaban J connectivity index is 1.78. The molecule has 0 aliphatic carbocycles. The summed E-state index contributed by atoms with van der Waals surface area (Å²) in [5.74, 6) is -1.06. The van der Waals surface area contributed by atoms with E-state index in [4.69, 9.17) is 4.42 Å². The van der Waals surface area contributed by atoms with E-state index in [-0.39, 0.29) is 12.1 Å².